The van der Waals surface area contributed by atoms with Crippen LogP contribution in [-0.4, -0.2) is 38.4 Å². The van der Waals surface area contributed by atoms with Crippen LogP contribution in [-0.2, 0) is 19.5 Å². The standard InChI is InChI=1S/C15H20N2O6S/c18-17(19)12-4-6-14(7-5-12)24(20,21)16-10-13-11-22-15(23-13)8-2-1-3-9-15/h4-7,13,16H,1-3,8-11H2/t13-/m0/s1. The molecule has 2 fully saturated rings. The Bertz CT molecular complexity index is 697. The number of hydrogen-bond acceptors (Lipinski definition) is 6. The molecule has 2 aliphatic rings. The molecule has 1 aliphatic carbocycles. The molecule has 0 amide bonds. The molecule has 1 spiro atoms. The molecule has 8 nitrogen and oxygen atoms in total. The Balaban J connectivity index is 1.58. The van der Waals surface area contributed by atoms with Crippen LogP contribution in [0.5, 0.6) is 0 Å². The number of nitrogens with zero attached hydrogens (tertiary/aromatic N) is 1. The van der Waals surface area contributed by atoms with Crippen molar-refractivity contribution in [1.29, 1.82) is 0 Å². The number of sulfonamides is 1. The molecule has 1 aromatic rings. The molecular formula is C15H20N2O6S. The first-order valence-electron chi connectivity index (χ1n) is 7.96. The van der Waals surface area contributed by atoms with Crippen LogP contribution in [0.25, 0.3) is 0 Å². The Morgan fingerprint density at radius 3 is 2.50 bits per heavy atom. The Morgan fingerprint density at radius 1 is 1.21 bits per heavy atom. The van der Waals surface area contributed by atoms with Gasteiger partial charge in [0.05, 0.1) is 22.5 Å². The topological polar surface area (TPSA) is 108 Å². The Labute approximate surface area is 140 Å². The van der Waals surface area contributed by atoms with E-state index < -0.39 is 20.7 Å². The predicted molar refractivity (Wildman–Crippen MR) is 84.9 cm³/mol. The lowest BCUT2D eigenvalue weighted by Crippen LogP contribution is -2.37. The van der Waals surface area contributed by atoms with Gasteiger partial charge in [0.25, 0.3) is 5.69 Å². The molecule has 0 aromatic heterocycles. The van der Waals surface area contributed by atoms with Gasteiger partial charge in [-0.15, -0.1) is 0 Å². The van der Waals surface area contributed by atoms with Crippen molar-refractivity contribution in [2.45, 2.75) is 48.9 Å². The lowest BCUT2D eigenvalue weighted by molar-refractivity contribution is -0.384. The molecular weight excluding hydrogens is 336 g/mol. The molecule has 1 heterocycles. The normalized spacial score (nSPS) is 23.4. The zero-order valence-corrected chi connectivity index (χ0v) is 14.0. The second-order valence-electron chi connectivity index (χ2n) is 6.13. The van der Waals surface area contributed by atoms with Gasteiger partial charge in [0.1, 0.15) is 0 Å². The Hall–Kier alpha value is -1.55. The van der Waals surface area contributed by atoms with Crippen molar-refractivity contribution in [3.63, 3.8) is 0 Å². The highest BCUT2D eigenvalue weighted by Crippen LogP contribution is 2.37. The maximum Gasteiger partial charge on any atom is 0.269 e. The van der Waals surface area contributed by atoms with Gasteiger partial charge in [-0.25, -0.2) is 13.1 Å². The summed E-state index contributed by atoms with van der Waals surface area (Å²) in [4.78, 5) is 10.0. The van der Waals surface area contributed by atoms with Crippen LogP contribution in [0.2, 0.25) is 0 Å². The molecule has 1 aliphatic heterocycles. The van der Waals surface area contributed by atoms with Crippen LogP contribution in [0.4, 0.5) is 5.69 Å². The van der Waals surface area contributed by atoms with Gasteiger partial charge < -0.3 is 9.47 Å². The van der Waals surface area contributed by atoms with Crippen molar-refractivity contribution >= 4 is 15.7 Å². The molecule has 0 radical (unpaired) electrons. The van der Waals surface area contributed by atoms with Gasteiger partial charge in [-0.1, -0.05) is 6.42 Å². The molecule has 132 valence electrons. The Morgan fingerprint density at radius 2 is 1.88 bits per heavy atom. The van der Waals surface area contributed by atoms with E-state index in [-0.39, 0.29) is 23.2 Å². The maximum atomic E-state index is 12.3. The highest BCUT2D eigenvalue weighted by Gasteiger charge is 2.42. The summed E-state index contributed by atoms with van der Waals surface area (Å²) in [7, 11) is -3.74. The van der Waals surface area contributed by atoms with Crippen LogP contribution in [0.1, 0.15) is 32.1 Å². The number of nitro groups is 1. The second kappa shape index (κ2) is 6.75. The summed E-state index contributed by atoms with van der Waals surface area (Å²) in [5.74, 6) is -0.540. The third-order valence-electron chi connectivity index (χ3n) is 4.39. The van der Waals surface area contributed by atoms with Gasteiger partial charge in [-0.2, -0.15) is 0 Å². The zero-order chi connectivity index (χ0) is 17.2. The zero-order valence-electron chi connectivity index (χ0n) is 13.1. The number of ether oxygens (including phenoxy) is 2. The minimum atomic E-state index is -3.74. The number of benzene rings is 1. The molecule has 1 aromatic carbocycles. The molecule has 3 rings (SSSR count). The quantitative estimate of drug-likeness (QED) is 0.638. The predicted octanol–water partition coefficient (Wildman–Crippen LogP) is 1.95. The van der Waals surface area contributed by atoms with Crippen molar-refractivity contribution in [3.8, 4) is 0 Å². The lowest BCUT2D eigenvalue weighted by Gasteiger charge is -2.31. The SMILES string of the molecule is O=[N+]([O-])c1ccc(S(=O)(=O)NC[C@H]2COC3(CCCCC3)O2)cc1. The molecule has 24 heavy (non-hydrogen) atoms. The van der Waals surface area contributed by atoms with Crippen LogP contribution in [0.15, 0.2) is 29.2 Å². The summed E-state index contributed by atoms with van der Waals surface area (Å²) in [6, 6.07) is 4.77. The van der Waals surface area contributed by atoms with Gasteiger partial charge in [0.15, 0.2) is 5.79 Å². The van der Waals surface area contributed by atoms with Crippen LogP contribution >= 0.6 is 0 Å². The average Bonchev–Trinajstić information content (AvgIpc) is 2.96. The minimum Gasteiger partial charge on any atom is -0.347 e. The van der Waals surface area contributed by atoms with E-state index in [1.165, 1.54) is 30.7 Å². The van der Waals surface area contributed by atoms with E-state index in [4.69, 9.17) is 9.47 Å². The number of nitrogens with one attached hydrogen (secondary N) is 1. The summed E-state index contributed by atoms with van der Waals surface area (Å²) in [6.07, 6.45) is 4.65. The first kappa shape index (κ1) is 17.3. The van der Waals surface area contributed by atoms with E-state index in [9.17, 15) is 18.5 Å². The minimum absolute atomic E-state index is 0.0144. The van der Waals surface area contributed by atoms with Crippen LogP contribution in [0, 0.1) is 10.1 Å². The monoisotopic (exact) mass is 356 g/mol. The molecule has 9 heteroatoms. The summed E-state index contributed by atoms with van der Waals surface area (Å²) < 4.78 is 38.7. The summed E-state index contributed by atoms with van der Waals surface area (Å²) in [5.41, 5.74) is -0.152. The van der Waals surface area contributed by atoms with Crippen molar-refractivity contribution in [2.75, 3.05) is 13.2 Å². The van der Waals surface area contributed by atoms with E-state index >= 15 is 0 Å². The smallest absolute Gasteiger partial charge is 0.269 e. The summed E-state index contributed by atoms with van der Waals surface area (Å²) in [6.45, 7) is 0.476. The van der Waals surface area contributed by atoms with Gasteiger partial charge in [-0.05, 0) is 25.0 Å². The van der Waals surface area contributed by atoms with Crippen LogP contribution < -0.4 is 4.72 Å². The van der Waals surface area contributed by atoms with E-state index in [1.54, 1.807) is 0 Å². The second-order valence-corrected chi connectivity index (χ2v) is 7.89. The van der Waals surface area contributed by atoms with Gasteiger partial charge in [0.2, 0.25) is 10.0 Å². The number of hydrogen-bond donors (Lipinski definition) is 1. The van der Waals surface area contributed by atoms with Crippen molar-refractivity contribution in [1.82, 2.24) is 4.72 Å². The number of rotatable bonds is 5. The van der Waals surface area contributed by atoms with E-state index in [1.807, 2.05) is 0 Å². The maximum absolute atomic E-state index is 12.3. The number of non-ortho nitro benzene ring substituents is 1. The number of nitro benzene ring substituents is 1. The van der Waals surface area contributed by atoms with E-state index in [0.29, 0.717) is 6.61 Å². The van der Waals surface area contributed by atoms with E-state index in [0.717, 1.165) is 25.7 Å². The molecule has 1 saturated heterocycles. The first-order valence-corrected chi connectivity index (χ1v) is 9.44. The van der Waals surface area contributed by atoms with Crippen LogP contribution in [0.3, 0.4) is 0 Å². The van der Waals surface area contributed by atoms with Crippen molar-refractivity contribution in [3.05, 3.63) is 34.4 Å². The average molecular weight is 356 g/mol. The largest absolute Gasteiger partial charge is 0.347 e. The highest BCUT2D eigenvalue weighted by atomic mass is 32.2. The molecule has 1 atom stereocenters. The summed E-state index contributed by atoms with van der Waals surface area (Å²) >= 11 is 0. The third kappa shape index (κ3) is 3.75. The first-order chi connectivity index (χ1) is 11.4. The Kier molecular flexibility index (Phi) is 4.86. The van der Waals surface area contributed by atoms with Gasteiger partial charge >= 0.3 is 0 Å². The fourth-order valence-electron chi connectivity index (χ4n) is 3.10. The van der Waals surface area contributed by atoms with Crippen molar-refractivity contribution in [2.24, 2.45) is 0 Å². The molecule has 1 saturated carbocycles. The van der Waals surface area contributed by atoms with Gasteiger partial charge in [0, 0.05) is 31.5 Å². The lowest BCUT2D eigenvalue weighted by atomic mass is 9.94. The molecule has 0 unspecified atom stereocenters. The van der Waals surface area contributed by atoms with Gasteiger partial charge in [-0.3, -0.25) is 10.1 Å². The van der Waals surface area contributed by atoms with E-state index in [2.05, 4.69) is 4.72 Å². The van der Waals surface area contributed by atoms with Crippen molar-refractivity contribution < 1.29 is 22.8 Å². The fourth-order valence-corrected chi connectivity index (χ4v) is 4.17. The summed E-state index contributed by atoms with van der Waals surface area (Å²) in [5, 5.41) is 10.6. The third-order valence-corrected chi connectivity index (χ3v) is 5.83. The molecule has 0 bridgehead atoms. The fraction of sp³-hybridized carbons (Fsp3) is 0.600. The molecule has 1 N–H and O–H groups in total. The highest BCUT2D eigenvalue weighted by molar-refractivity contribution is 7.89.